The van der Waals surface area contributed by atoms with Crippen LogP contribution in [0.4, 0.5) is 0 Å². The lowest BCUT2D eigenvalue weighted by Crippen LogP contribution is -2.86. The molecule has 1 heterocycles. The fourth-order valence-corrected chi connectivity index (χ4v) is 25.8. The van der Waals surface area contributed by atoms with Crippen molar-refractivity contribution in [3.05, 3.63) is 117 Å². The van der Waals surface area contributed by atoms with Gasteiger partial charge in [0.2, 0.25) is 0 Å². The Morgan fingerprint density at radius 2 is 1.60 bits per heavy atom. The molecule has 0 aromatic heterocycles. The summed E-state index contributed by atoms with van der Waals surface area (Å²) in [5.74, 6) is 5.91. The number of rotatable bonds is 6. The Hall–Kier alpha value is -4.18. The summed E-state index contributed by atoms with van der Waals surface area (Å²) in [5.41, 5.74) is 0.281. The first-order valence-electron chi connectivity index (χ1n) is 35.0. The van der Waals surface area contributed by atoms with Gasteiger partial charge in [-0.15, -0.1) is 0 Å². The number of benzene rings is 3. The van der Waals surface area contributed by atoms with E-state index in [2.05, 4.69) is 79.5 Å². The molecule has 7 N–H and O–H groups in total. The van der Waals surface area contributed by atoms with Crippen LogP contribution in [0.1, 0.15) is 199 Å². The number of carbonyl (C=O) groups excluding carboxylic acids is 2. The van der Waals surface area contributed by atoms with E-state index in [9.17, 15) is 25.2 Å². The number of fused-ring (bicyclic) bond motifs is 1. The quantitative estimate of drug-likeness (QED) is 0.0714. The van der Waals surface area contributed by atoms with Crippen LogP contribution in [0.3, 0.4) is 0 Å². The Balaban J connectivity index is 0.939. The second kappa shape index (κ2) is 20.7. The van der Waals surface area contributed by atoms with E-state index in [1.165, 1.54) is 40.7 Å². The van der Waals surface area contributed by atoms with Gasteiger partial charge in [-0.2, -0.15) is 0 Å². The van der Waals surface area contributed by atoms with Crippen molar-refractivity contribution in [3.63, 3.8) is 0 Å². The van der Waals surface area contributed by atoms with Gasteiger partial charge in [-0.3, -0.25) is 0 Å². The number of hydrogen-bond acceptors (Lipinski definition) is 10. The molecule has 0 radical (unpaired) electrons. The molecule has 16 aliphatic rings. The molecule has 3 aromatic carbocycles. The van der Waals surface area contributed by atoms with Gasteiger partial charge in [0.15, 0.2) is 0 Å². The van der Waals surface area contributed by atoms with Gasteiger partial charge in [-0.05, 0) is 245 Å². The van der Waals surface area contributed by atoms with Gasteiger partial charge in [0.05, 0.1) is 29.8 Å². The number of aldehydes is 1. The maximum Gasteiger partial charge on any atom is 0.331 e. The molecule has 3 aromatic rings. The van der Waals surface area contributed by atoms with Gasteiger partial charge >= 0.3 is 5.97 Å². The van der Waals surface area contributed by atoms with Gasteiger partial charge in [-0.1, -0.05) is 106 Å². The zero-order chi connectivity index (χ0) is 59.8. The van der Waals surface area contributed by atoms with Crippen molar-refractivity contribution in [2.24, 2.45) is 92.7 Å². The summed E-state index contributed by atoms with van der Waals surface area (Å²) in [6.45, 7) is 4.56. The molecule has 23 atom stereocenters. The van der Waals surface area contributed by atoms with Gasteiger partial charge in [0.1, 0.15) is 23.6 Å². The topological polar surface area (TPSA) is 177 Å². The molecule has 10 nitrogen and oxygen atoms in total. The number of ether oxygens (including phenoxy) is 1. The Bertz CT molecular complexity index is 3360. The lowest BCUT2D eigenvalue weighted by atomic mass is 9.32. The van der Waals surface area contributed by atoms with Crippen LogP contribution in [-0.2, 0) is 46.6 Å². The third kappa shape index (κ3) is 7.97. The zero-order valence-electron chi connectivity index (χ0n) is 52.0. The van der Waals surface area contributed by atoms with Crippen molar-refractivity contribution in [1.29, 1.82) is 0 Å². The molecule has 9 saturated carbocycles. The molecule has 0 unspecified atom stereocenters. The number of hydrogen-bond donors (Lipinski definition) is 7. The highest BCUT2D eigenvalue weighted by Gasteiger charge is 2.87. The Labute approximate surface area is 516 Å². The molecule has 464 valence electrons. The summed E-state index contributed by atoms with van der Waals surface area (Å²) in [5, 5.41) is 88.4. The number of aryl methyl sites for hydroxylation is 1. The van der Waals surface area contributed by atoms with Crippen LogP contribution in [0.5, 0.6) is 0 Å². The second-order valence-electron chi connectivity index (χ2n) is 32.3. The largest absolute Gasteiger partial charge is 0.454 e. The van der Waals surface area contributed by atoms with Crippen molar-refractivity contribution in [2.75, 3.05) is 7.05 Å². The Morgan fingerprint density at radius 3 is 2.40 bits per heavy atom. The number of nitrogens with one attached hydrogen (secondary N) is 1. The molecule has 0 saturated heterocycles. The van der Waals surface area contributed by atoms with E-state index < -0.39 is 86.4 Å². The number of likely N-dealkylation sites (N-methyl/N-ethyl adjacent to an activating group) is 1. The molecule has 10 heteroatoms. The third-order valence-corrected chi connectivity index (χ3v) is 29.3. The standard InChI is InChI=1S/C77H97NO9/c1-4-56-50-14-7-10-45(30-50)18-19-46-24-28-72(36-46)42-74(43-80)65-26-29-73-41-71(37-52-20-22-57-51(31-54(52)38-71)15-9-17-58(56)57)27-25-48-13-8-16-53(40-79)59(48)34-64(78-3)60-32-55(67(73)61-35-66(81)87-68(60)61)39-75(73,84)77(65,86)70(83)63-33-49(44(2)47-11-5-6-12-47)21-23-62(69(72)82)76(63,74)85/h7-10,13-17,30,35,43-44,46-47,49,52,54-56,60,62-65,67-70,78-79,82-86H,4-6,11-12,18-24,26,28-29,31-34,36-42H2,1-3H3/t44-,46-,49-,52-,54+,55-,56+,60-,62-,63-,64-,65+,67+,68-,69+,70+,71-,72-,73-,74-,75+,76+,77-/m0/s1. The average Bonchev–Trinajstić information content (AvgIpc) is 1.63. The minimum Gasteiger partial charge on any atom is -0.454 e. The van der Waals surface area contributed by atoms with Gasteiger partial charge in [-0.25, -0.2) is 4.79 Å². The lowest BCUT2D eigenvalue weighted by molar-refractivity contribution is -0.385. The molecule has 19 rings (SSSR count). The Kier molecular flexibility index (Phi) is 13.8. The fraction of sp³-hybridized carbons (Fsp3) is 0.688. The minimum atomic E-state index is -2.28. The van der Waals surface area contributed by atoms with E-state index in [0.717, 1.165) is 106 Å². The molecule has 17 bridgehead atoms. The SMILES string of the molecule is CC[C@@H]1c2cccc(c2)CC[C@H]2CC[C@]3(C2)C[C@]2(C=O)[C@H]4CC[C@@]56C[C@]7(C#Cc8cccc(CO)c8C[C@H](NC)[C@@H]8C[C@@H](C[C@]5(O)[C@@]4(O)[C@H](O)[C@@H]4C[C@@H]([C@@H](C)C5CCCC5)CC[C@@H]([C@H]3O)[C@@]42O)[C@@H]6C2=CC(=O)O[C@H]28)C[C@H]2Cc3cccc1c3CC[C@H]2C7. The van der Waals surface area contributed by atoms with E-state index in [1.807, 2.05) is 19.2 Å². The van der Waals surface area contributed by atoms with Crippen LogP contribution in [0.25, 0.3) is 0 Å². The van der Waals surface area contributed by atoms with Crippen LogP contribution in [0.2, 0.25) is 0 Å². The molecule has 0 amide bonds. The molecule has 3 spiro atoms. The van der Waals surface area contributed by atoms with Crippen LogP contribution in [0.15, 0.2) is 72.3 Å². The summed E-state index contributed by atoms with van der Waals surface area (Å²) in [4.78, 5) is 30.0. The summed E-state index contributed by atoms with van der Waals surface area (Å²) >= 11 is 0. The van der Waals surface area contributed by atoms with Crippen LogP contribution >= 0.6 is 0 Å². The van der Waals surface area contributed by atoms with E-state index in [1.54, 1.807) is 6.08 Å². The van der Waals surface area contributed by atoms with Crippen molar-refractivity contribution in [3.8, 4) is 11.8 Å². The molecule has 15 aliphatic carbocycles. The minimum absolute atomic E-state index is 0.0626. The Morgan fingerprint density at radius 1 is 0.782 bits per heavy atom. The molecule has 9 fully saturated rings. The fourth-order valence-electron chi connectivity index (χ4n) is 25.8. The van der Waals surface area contributed by atoms with Gasteiger partial charge in [0, 0.05) is 58.1 Å². The highest BCUT2D eigenvalue weighted by atomic mass is 16.5. The zero-order valence-corrected chi connectivity index (χ0v) is 52.0. The number of aliphatic hydroxyl groups is 6. The van der Waals surface area contributed by atoms with Crippen molar-refractivity contribution < 1.29 is 45.0 Å². The maximum atomic E-state index is 15.6. The number of aliphatic hydroxyl groups excluding tert-OH is 3. The van der Waals surface area contributed by atoms with Gasteiger partial charge in [0.25, 0.3) is 0 Å². The van der Waals surface area contributed by atoms with E-state index in [0.29, 0.717) is 63.2 Å². The van der Waals surface area contributed by atoms with Crippen molar-refractivity contribution in [1.82, 2.24) is 5.32 Å². The highest BCUT2D eigenvalue weighted by molar-refractivity contribution is 5.86. The second-order valence-corrected chi connectivity index (χ2v) is 32.3. The average molecular weight is 1180 g/mol. The first kappa shape index (κ1) is 57.9. The summed E-state index contributed by atoms with van der Waals surface area (Å²) in [6.07, 6.45) is 18.1. The van der Waals surface area contributed by atoms with E-state index in [-0.39, 0.29) is 73.3 Å². The smallest absolute Gasteiger partial charge is 0.331 e. The van der Waals surface area contributed by atoms with E-state index >= 15 is 15.0 Å². The lowest BCUT2D eigenvalue weighted by Gasteiger charge is -2.75. The number of esters is 1. The van der Waals surface area contributed by atoms with Crippen molar-refractivity contribution in [2.45, 2.75) is 228 Å². The molecule has 1 aliphatic heterocycles. The number of carbonyl (C=O) groups is 2. The maximum absolute atomic E-state index is 15.6. The monoisotopic (exact) mass is 1180 g/mol. The predicted molar refractivity (Wildman–Crippen MR) is 332 cm³/mol. The highest BCUT2D eigenvalue weighted by Crippen LogP contribution is 2.80. The van der Waals surface area contributed by atoms with Crippen molar-refractivity contribution >= 4 is 12.3 Å². The molecular formula is C77H97NO9. The summed E-state index contributed by atoms with van der Waals surface area (Å²) in [7, 11) is 1.96. The molecule has 87 heavy (non-hydrogen) atoms. The van der Waals surface area contributed by atoms with Crippen LogP contribution in [-0.4, -0.2) is 91.1 Å². The third-order valence-electron chi connectivity index (χ3n) is 29.3. The van der Waals surface area contributed by atoms with Crippen LogP contribution in [0, 0.1) is 105 Å². The van der Waals surface area contributed by atoms with E-state index in [4.69, 9.17) is 4.74 Å². The normalized spacial score (nSPS) is 46.7. The summed E-state index contributed by atoms with van der Waals surface area (Å²) in [6, 6.07) is 22.3. The molecular weight excluding hydrogens is 1080 g/mol. The first-order chi connectivity index (χ1) is 42.0. The first-order valence-corrected chi connectivity index (χ1v) is 35.0. The van der Waals surface area contributed by atoms with Gasteiger partial charge < -0.3 is 45.5 Å². The van der Waals surface area contributed by atoms with Crippen LogP contribution < -0.4 is 5.32 Å². The predicted octanol–water partition coefficient (Wildman–Crippen LogP) is 10.8. The summed E-state index contributed by atoms with van der Waals surface area (Å²) < 4.78 is 6.60.